The molecule has 3 fully saturated rings. The maximum Gasteiger partial charge on any atom is 0.247 e. The van der Waals surface area contributed by atoms with E-state index in [1.807, 2.05) is 99.0 Å². The number of hydrogen-bond donors (Lipinski definition) is 2. The minimum atomic E-state index is -1.20. The topological polar surface area (TPSA) is 162 Å². The number of ether oxygens (including phenoxy) is 2. The van der Waals surface area contributed by atoms with Crippen LogP contribution in [0.5, 0.6) is 11.5 Å². The minimum absolute atomic E-state index is 0.0503. The predicted octanol–water partition coefficient (Wildman–Crippen LogP) is 8.56. The van der Waals surface area contributed by atoms with E-state index in [0.29, 0.717) is 59.3 Å². The van der Waals surface area contributed by atoms with Crippen molar-refractivity contribution >= 4 is 52.7 Å². The SMILES string of the molecule is COC[C@@H]1NC(=O)[C@H](CCCN(C)C)N(Cc2ccc(Cl)cc2Oc2ccc(-c3cnc(CN4CCCC4)n3C)cc2)C(=O)C[C@@H](Cc2ccccc2)C(=O)N(C)[C@H]2CCCC[C@@H]2NC(=O)C[C@H](Cc2ccc(Cl)cc2)N(C)C1=O. The lowest BCUT2D eigenvalue weighted by Crippen LogP contribution is -2.59. The molecule has 16 nitrogen and oxygen atoms in total. The number of rotatable bonds is 17. The first-order valence-electron chi connectivity index (χ1n) is 28.2. The first kappa shape index (κ1) is 59.8. The molecule has 2 saturated heterocycles. The molecule has 18 heteroatoms. The fraction of sp³-hybridized carbons (Fsp3) is 0.484. The summed E-state index contributed by atoms with van der Waals surface area (Å²) in [4.78, 5) is 89.7. The Hall–Kier alpha value is -6.30. The predicted molar refractivity (Wildman–Crippen MR) is 312 cm³/mol. The zero-order valence-electron chi connectivity index (χ0n) is 47.3. The molecule has 2 N–H and O–H groups in total. The number of carbonyl (C=O) groups is 5. The molecule has 1 saturated carbocycles. The van der Waals surface area contributed by atoms with Gasteiger partial charge in [-0.15, -0.1) is 0 Å². The second-order valence-corrected chi connectivity index (χ2v) is 23.1. The summed E-state index contributed by atoms with van der Waals surface area (Å²) < 4.78 is 14.4. The molecule has 8 rings (SSSR count). The van der Waals surface area contributed by atoms with Crippen molar-refractivity contribution in [2.75, 3.05) is 61.5 Å². The van der Waals surface area contributed by atoms with Crippen molar-refractivity contribution in [1.29, 1.82) is 0 Å². The van der Waals surface area contributed by atoms with E-state index < -0.39 is 41.8 Å². The van der Waals surface area contributed by atoms with Gasteiger partial charge in [-0.1, -0.05) is 84.6 Å². The van der Waals surface area contributed by atoms with E-state index in [1.54, 1.807) is 54.2 Å². The molecule has 1 aromatic heterocycles. The summed E-state index contributed by atoms with van der Waals surface area (Å²) in [6.07, 6.45) is 8.29. The highest BCUT2D eigenvalue weighted by Gasteiger charge is 2.40. The van der Waals surface area contributed by atoms with Crippen molar-refractivity contribution in [1.82, 2.24) is 44.7 Å². The highest BCUT2D eigenvalue weighted by molar-refractivity contribution is 6.31. The van der Waals surface area contributed by atoms with Crippen molar-refractivity contribution in [2.24, 2.45) is 13.0 Å². The normalized spacial score (nSPS) is 22.3. The summed E-state index contributed by atoms with van der Waals surface area (Å²) in [6.45, 7) is 3.24. The van der Waals surface area contributed by atoms with Crippen LogP contribution in [0.2, 0.25) is 10.0 Å². The fourth-order valence-corrected chi connectivity index (χ4v) is 11.9. The van der Waals surface area contributed by atoms with Crippen LogP contribution in [0.4, 0.5) is 0 Å². The molecule has 0 radical (unpaired) electrons. The van der Waals surface area contributed by atoms with E-state index in [-0.39, 0.29) is 62.7 Å². The van der Waals surface area contributed by atoms with E-state index >= 15 is 14.4 Å². The van der Waals surface area contributed by atoms with Gasteiger partial charge in [-0.2, -0.15) is 0 Å². The van der Waals surface area contributed by atoms with Crippen LogP contribution in [0, 0.1) is 5.92 Å². The van der Waals surface area contributed by atoms with Crippen LogP contribution in [-0.2, 0) is 61.7 Å². The Kier molecular flexibility index (Phi) is 21.2. The molecule has 80 heavy (non-hydrogen) atoms. The smallest absolute Gasteiger partial charge is 0.247 e. The number of aromatic nitrogens is 2. The van der Waals surface area contributed by atoms with E-state index in [1.165, 1.54) is 24.9 Å². The van der Waals surface area contributed by atoms with Crippen LogP contribution in [0.1, 0.15) is 86.7 Å². The number of likely N-dealkylation sites (N-methyl/N-ethyl adjacent to an activating group) is 2. The lowest BCUT2D eigenvalue weighted by molar-refractivity contribution is -0.148. The lowest BCUT2D eigenvalue weighted by Gasteiger charge is -2.40. The molecule has 0 bridgehead atoms. The molecule has 1 aliphatic carbocycles. The number of halogens is 2. The standard InChI is InChI=1S/C62H79Cl2N9O7/c1-68(2)30-14-19-54-60(76)67-52(41-79-6)62(78)69(3)49(34-43-20-25-47(63)26-21-43)37-58(74)66-51-17-10-11-18-53(51)71(5)61(77)46(33-42-15-8-7-9-16-42)35-59(75)73(54)39-45-22-27-48(64)36-56(45)80-50-28-23-44(24-29-50)55-38-65-57(70(55)4)40-72-31-12-13-32-72/h7-9,15-16,20-29,36,38,46,49,51-54H,10-14,17-19,30-35,37,39-41H2,1-6H3,(H,66,74)(H,67,76)/t46-,49+,51+,52+,53+,54+/m1/s1. The maximum absolute atomic E-state index is 15.8. The van der Waals surface area contributed by atoms with E-state index in [2.05, 4.69) is 20.1 Å². The van der Waals surface area contributed by atoms with E-state index in [0.717, 1.165) is 60.7 Å². The van der Waals surface area contributed by atoms with Gasteiger partial charge >= 0.3 is 0 Å². The molecular weight excluding hydrogens is 1050 g/mol. The van der Waals surface area contributed by atoms with Gasteiger partial charge in [0.1, 0.15) is 29.4 Å². The Bertz CT molecular complexity index is 2880. The fourth-order valence-electron chi connectivity index (χ4n) is 11.6. The summed E-state index contributed by atoms with van der Waals surface area (Å²) in [5, 5.41) is 7.26. The monoisotopic (exact) mass is 1130 g/mol. The third-order valence-corrected chi connectivity index (χ3v) is 16.6. The molecule has 428 valence electrons. The van der Waals surface area contributed by atoms with Crippen molar-refractivity contribution in [3.05, 3.63) is 136 Å². The van der Waals surface area contributed by atoms with Crippen LogP contribution in [0.25, 0.3) is 11.3 Å². The Morgan fingerprint density at radius 3 is 2.15 bits per heavy atom. The number of likely N-dealkylation sites (tertiary alicyclic amines) is 1. The molecule has 0 spiro atoms. The van der Waals surface area contributed by atoms with Gasteiger partial charge in [0.05, 0.1) is 43.5 Å². The minimum Gasteiger partial charge on any atom is -0.457 e. The largest absolute Gasteiger partial charge is 0.457 e. The second-order valence-electron chi connectivity index (χ2n) is 22.2. The quantitative estimate of drug-likeness (QED) is 0.0923. The number of nitrogens with one attached hydrogen (secondary N) is 2. The first-order chi connectivity index (χ1) is 38.5. The molecule has 2 aliphatic heterocycles. The van der Waals surface area contributed by atoms with Crippen molar-refractivity contribution < 1.29 is 33.4 Å². The van der Waals surface area contributed by atoms with Gasteiger partial charge in [-0.3, -0.25) is 28.9 Å². The third-order valence-electron chi connectivity index (χ3n) is 16.1. The average Bonchev–Trinajstić information content (AvgIpc) is 4.13. The van der Waals surface area contributed by atoms with Gasteiger partial charge < -0.3 is 44.3 Å². The van der Waals surface area contributed by atoms with Gasteiger partial charge in [-0.25, -0.2) is 4.98 Å². The summed E-state index contributed by atoms with van der Waals surface area (Å²) in [5.74, 6) is -0.930. The molecule has 4 aromatic carbocycles. The summed E-state index contributed by atoms with van der Waals surface area (Å²) in [5.41, 5.74) is 4.24. The number of methoxy groups -OCH3 is 1. The molecule has 5 amide bonds. The molecular formula is C62H79Cl2N9O7. The molecule has 5 aromatic rings. The van der Waals surface area contributed by atoms with Crippen molar-refractivity contribution in [3.63, 3.8) is 0 Å². The highest BCUT2D eigenvalue weighted by atomic mass is 35.5. The number of amides is 5. The van der Waals surface area contributed by atoms with Crippen LogP contribution >= 0.6 is 23.2 Å². The van der Waals surface area contributed by atoms with Gasteiger partial charge in [0.25, 0.3) is 0 Å². The Morgan fingerprint density at radius 1 is 0.738 bits per heavy atom. The number of benzene rings is 4. The zero-order valence-corrected chi connectivity index (χ0v) is 48.8. The van der Waals surface area contributed by atoms with Crippen molar-refractivity contribution in [3.8, 4) is 22.8 Å². The summed E-state index contributed by atoms with van der Waals surface area (Å²) >= 11 is 13.0. The first-order valence-corrected chi connectivity index (χ1v) is 28.9. The second kappa shape index (κ2) is 28.4. The highest BCUT2D eigenvalue weighted by Crippen LogP contribution is 2.34. The molecule has 6 atom stereocenters. The molecule has 3 aliphatic rings. The number of fused-ring (bicyclic) bond motifs is 1. The van der Waals surface area contributed by atoms with Gasteiger partial charge in [0, 0.05) is 74.4 Å². The number of carbonyl (C=O) groups excluding carboxylic acids is 5. The summed E-state index contributed by atoms with van der Waals surface area (Å²) in [7, 11) is 10.8. The number of imidazole rings is 1. The maximum atomic E-state index is 15.8. The molecule has 0 unspecified atom stereocenters. The van der Waals surface area contributed by atoms with E-state index in [4.69, 9.17) is 37.7 Å². The van der Waals surface area contributed by atoms with Gasteiger partial charge in [-0.05, 0) is 145 Å². The van der Waals surface area contributed by atoms with Gasteiger partial charge in [0.15, 0.2) is 0 Å². The number of hydrogen-bond acceptors (Lipinski definition) is 10. The van der Waals surface area contributed by atoms with E-state index in [9.17, 15) is 9.59 Å². The van der Waals surface area contributed by atoms with Crippen LogP contribution < -0.4 is 15.4 Å². The van der Waals surface area contributed by atoms with Crippen LogP contribution in [0.3, 0.4) is 0 Å². The Morgan fingerprint density at radius 2 is 1.44 bits per heavy atom. The molecule has 3 heterocycles. The Labute approximate surface area is 482 Å². The van der Waals surface area contributed by atoms with Crippen molar-refractivity contribution in [2.45, 2.75) is 120 Å². The third kappa shape index (κ3) is 15.8. The lowest BCUT2D eigenvalue weighted by atomic mass is 9.87. The van der Waals surface area contributed by atoms with Crippen LogP contribution in [-0.4, -0.2) is 155 Å². The van der Waals surface area contributed by atoms with Gasteiger partial charge in [0.2, 0.25) is 29.5 Å². The zero-order chi connectivity index (χ0) is 56.9. The Balaban J connectivity index is 1.18. The average molecular weight is 1130 g/mol. The summed E-state index contributed by atoms with van der Waals surface area (Å²) in [6, 6.07) is 26.1. The number of nitrogens with zero attached hydrogens (tertiary/aromatic N) is 7. The van der Waals surface area contributed by atoms with Crippen LogP contribution in [0.15, 0.2) is 103 Å².